The van der Waals surface area contributed by atoms with Crippen LogP contribution in [0.15, 0.2) is 30.3 Å². The molecule has 6 heteroatoms. The van der Waals surface area contributed by atoms with Gasteiger partial charge in [0.05, 0.1) is 7.11 Å². The third kappa shape index (κ3) is 5.81. The maximum Gasteiger partial charge on any atom is 0.410 e. The molecule has 1 fully saturated rings. The molecular weight excluding hydrogens is 320 g/mol. The van der Waals surface area contributed by atoms with Crippen LogP contribution in [0.3, 0.4) is 0 Å². The Morgan fingerprint density at radius 2 is 1.56 bits per heavy atom. The van der Waals surface area contributed by atoms with Gasteiger partial charge in [-0.3, -0.25) is 4.79 Å². The van der Waals surface area contributed by atoms with Crippen LogP contribution in [0.1, 0.15) is 26.3 Å². The molecule has 0 spiro atoms. The number of nitrogens with zero attached hydrogens (tertiary/aromatic N) is 2. The Morgan fingerprint density at radius 3 is 2.08 bits per heavy atom. The van der Waals surface area contributed by atoms with Gasteiger partial charge in [0.15, 0.2) is 0 Å². The molecule has 0 N–H and O–H groups in total. The van der Waals surface area contributed by atoms with Gasteiger partial charge in [0.1, 0.15) is 11.4 Å². The molecule has 1 saturated heterocycles. The lowest BCUT2D eigenvalue weighted by atomic mass is 10.2. The van der Waals surface area contributed by atoms with Crippen molar-refractivity contribution in [3.8, 4) is 5.75 Å². The molecular formula is C19H26N2O4. The van der Waals surface area contributed by atoms with Gasteiger partial charge in [-0.15, -0.1) is 0 Å². The summed E-state index contributed by atoms with van der Waals surface area (Å²) in [7, 11) is 1.62. The summed E-state index contributed by atoms with van der Waals surface area (Å²) in [5.74, 6) is 0.724. The third-order valence-corrected chi connectivity index (χ3v) is 3.78. The summed E-state index contributed by atoms with van der Waals surface area (Å²) in [5.41, 5.74) is 0.423. The van der Waals surface area contributed by atoms with Crippen LogP contribution in [0.4, 0.5) is 4.79 Å². The minimum absolute atomic E-state index is 0.0559. The summed E-state index contributed by atoms with van der Waals surface area (Å²) in [6.45, 7) is 7.50. The van der Waals surface area contributed by atoms with Gasteiger partial charge in [-0.05, 0) is 44.5 Å². The van der Waals surface area contributed by atoms with E-state index in [9.17, 15) is 9.59 Å². The van der Waals surface area contributed by atoms with E-state index in [1.807, 2.05) is 45.0 Å². The van der Waals surface area contributed by atoms with E-state index in [1.54, 1.807) is 29.1 Å². The van der Waals surface area contributed by atoms with E-state index in [-0.39, 0.29) is 12.0 Å². The summed E-state index contributed by atoms with van der Waals surface area (Å²) in [5, 5.41) is 0. The van der Waals surface area contributed by atoms with Gasteiger partial charge < -0.3 is 19.3 Å². The minimum Gasteiger partial charge on any atom is -0.497 e. The number of carbonyl (C=O) groups is 2. The van der Waals surface area contributed by atoms with Crippen LogP contribution in [-0.2, 0) is 9.53 Å². The van der Waals surface area contributed by atoms with Crippen molar-refractivity contribution in [3.63, 3.8) is 0 Å². The van der Waals surface area contributed by atoms with Crippen molar-refractivity contribution in [2.45, 2.75) is 26.4 Å². The zero-order chi connectivity index (χ0) is 18.4. The van der Waals surface area contributed by atoms with E-state index in [2.05, 4.69) is 0 Å². The van der Waals surface area contributed by atoms with Crippen molar-refractivity contribution < 1.29 is 19.1 Å². The van der Waals surface area contributed by atoms with Crippen molar-refractivity contribution in [2.24, 2.45) is 0 Å². The quantitative estimate of drug-likeness (QED) is 0.790. The highest BCUT2D eigenvalue weighted by Crippen LogP contribution is 2.14. The van der Waals surface area contributed by atoms with E-state index >= 15 is 0 Å². The molecule has 1 aromatic rings. The Labute approximate surface area is 149 Å². The van der Waals surface area contributed by atoms with E-state index in [0.717, 1.165) is 11.3 Å². The minimum atomic E-state index is -0.509. The van der Waals surface area contributed by atoms with Crippen LogP contribution in [0.2, 0.25) is 0 Å². The van der Waals surface area contributed by atoms with Gasteiger partial charge in [-0.25, -0.2) is 4.79 Å². The molecule has 2 amide bonds. The smallest absolute Gasteiger partial charge is 0.410 e. The maximum absolute atomic E-state index is 12.3. The Balaban J connectivity index is 1.84. The van der Waals surface area contributed by atoms with E-state index in [1.165, 1.54) is 0 Å². The molecule has 0 unspecified atom stereocenters. The first-order valence-electron chi connectivity index (χ1n) is 8.37. The molecule has 0 saturated carbocycles. The predicted molar refractivity (Wildman–Crippen MR) is 96.4 cm³/mol. The molecule has 0 aromatic heterocycles. The molecule has 0 atom stereocenters. The molecule has 1 aromatic carbocycles. The lowest BCUT2D eigenvalue weighted by Crippen LogP contribution is -2.51. The number of methoxy groups -OCH3 is 1. The van der Waals surface area contributed by atoms with Crippen LogP contribution in [0, 0.1) is 0 Å². The van der Waals surface area contributed by atoms with Crippen molar-refractivity contribution in [3.05, 3.63) is 35.9 Å². The fraction of sp³-hybridized carbons (Fsp3) is 0.474. The first-order valence-corrected chi connectivity index (χ1v) is 8.37. The van der Waals surface area contributed by atoms with Crippen LogP contribution < -0.4 is 4.74 Å². The lowest BCUT2D eigenvalue weighted by molar-refractivity contribution is -0.127. The van der Waals surface area contributed by atoms with E-state index in [0.29, 0.717) is 26.2 Å². The number of benzene rings is 1. The first-order chi connectivity index (χ1) is 11.8. The lowest BCUT2D eigenvalue weighted by Gasteiger charge is -2.35. The van der Waals surface area contributed by atoms with Gasteiger partial charge in [0.2, 0.25) is 5.91 Å². The average molecular weight is 346 g/mol. The summed E-state index contributed by atoms with van der Waals surface area (Å²) in [4.78, 5) is 27.7. The number of piperazine rings is 1. The van der Waals surface area contributed by atoms with E-state index < -0.39 is 5.60 Å². The van der Waals surface area contributed by atoms with Crippen LogP contribution >= 0.6 is 0 Å². The zero-order valence-electron chi connectivity index (χ0n) is 15.3. The molecule has 25 heavy (non-hydrogen) atoms. The van der Waals surface area contributed by atoms with Gasteiger partial charge >= 0.3 is 6.09 Å². The fourth-order valence-electron chi connectivity index (χ4n) is 2.42. The number of hydrogen-bond acceptors (Lipinski definition) is 4. The Hall–Kier alpha value is -2.50. The topological polar surface area (TPSA) is 59.1 Å². The maximum atomic E-state index is 12.3. The molecule has 2 rings (SSSR count). The molecule has 136 valence electrons. The van der Waals surface area contributed by atoms with Crippen molar-refractivity contribution in [1.29, 1.82) is 0 Å². The summed E-state index contributed by atoms with van der Waals surface area (Å²) >= 11 is 0. The molecule has 0 bridgehead atoms. The number of ether oxygens (including phenoxy) is 2. The highest BCUT2D eigenvalue weighted by molar-refractivity contribution is 5.92. The second kappa shape index (κ2) is 8.05. The third-order valence-electron chi connectivity index (χ3n) is 3.78. The van der Waals surface area contributed by atoms with Gasteiger partial charge in [-0.1, -0.05) is 12.1 Å². The molecule has 1 aliphatic rings. The second-order valence-corrected chi connectivity index (χ2v) is 6.90. The molecule has 1 aliphatic heterocycles. The van der Waals surface area contributed by atoms with Crippen LogP contribution in [-0.4, -0.2) is 60.7 Å². The van der Waals surface area contributed by atoms with Crippen molar-refractivity contribution in [1.82, 2.24) is 9.80 Å². The van der Waals surface area contributed by atoms with Gasteiger partial charge in [0.25, 0.3) is 0 Å². The van der Waals surface area contributed by atoms with Gasteiger partial charge in [0, 0.05) is 32.3 Å². The Bertz CT molecular complexity index is 624. The molecule has 6 nitrogen and oxygen atoms in total. The monoisotopic (exact) mass is 346 g/mol. The number of amides is 2. The van der Waals surface area contributed by atoms with E-state index in [4.69, 9.17) is 9.47 Å². The Morgan fingerprint density at radius 1 is 1.00 bits per heavy atom. The number of hydrogen-bond donors (Lipinski definition) is 0. The number of carbonyl (C=O) groups excluding carboxylic acids is 2. The second-order valence-electron chi connectivity index (χ2n) is 6.90. The summed E-state index contributed by atoms with van der Waals surface area (Å²) in [6, 6.07) is 7.49. The largest absolute Gasteiger partial charge is 0.497 e. The predicted octanol–water partition coefficient (Wildman–Crippen LogP) is 2.79. The highest BCUT2D eigenvalue weighted by Gasteiger charge is 2.26. The average Bonchev–Trinajstić information content (AvgIpc) is 2.58. The van der Waals surface area contributed by atoms with Crippen LogP contribution in [0.5, 0.6) is 5.75 Å². The van der Waals surface area contributed by atoms with Crippen molar-refractivity contribution in [2.75, 3.05) is 33.3 Å². The Kier molecular flexibility index (Phi) is 6.07. The van der Waals surface area contributed by atoms with Crippen molar-refractivity contribution >= 4 is 18.1 Å². The summed E-state index contributed by atoms with van der Waals surface area (Å²) in [6.07, 6.45) is 3.01. The normalized spacial score (nSPS) is 15.4. The van der Waals surface area contributed by atoms with Gasteiger partial charge in [-0.2, -0.15) is 0 Å². The standard InChI is InChI=1S/C19H26N2O4/c1-19(2,3)25-18(23)21-13-11-20(12-14-21)17(22)10-7-15-5-8-16(24-4)9-6-15/h5-10H,11-14H2,1-4H3. The summed E-state index contributed by atoms with van der Waals surface area (Å²) < 4.78 is 10.5. The SMILES string of the molecule is COc1ccc(C=CC(=O)N2CCN(C(=O)OC(C)(C)C)CC2)cc1. The zero-order valence-corrected chi connectivity index (χ0v) is 15.3. The number of rotatable bonds is 3. The molecule has 0 aliphatic carbocycles. The fourth-order valence-corrected chi connectivity index (χ4v) is 2.42. The first kappa shape index (κ1) is 18.8. The molecule has 0 radical (unpaired) electrons. The molecule has 1 heterocycles. The van der Waals surface area contributed by atoms with Crippen LogP contribution in [0.25, 0.3) is 6.08 Å². The highest BCUT2D eigenvalue weighted by atomic mass is 16.6.